The van der Waals surface area contributed by atoms with Gasteiger partial charge in [0.25, 0.3) is 0 Å². The standard InChI is InChI=1S/2C15H16O4.2C15H14O3.2C14H10/c2*1-15(2,11-5-3-9(16)7-13(11)18)12-6-4-10(17)8-14(12)19;2*1-15(2)11-5-3-9(16)7-13(11)18-14-8-10(17)4-6-12(14)15;2*1-3-7-13-11(5-1)9-10-12-6-2-4-8-14(12)13/h2*3-8,16-19H,1-2H3;2*3-8,16-17H,1-2H3;2*1-10H. The first-order chi connectivity index (χ1) is 48.5. The maximum absolute atomic E-state index is 9.94. The van der Waals surface area contributed by atoms with E-state index in [1.165, 1.54) is 91.6 Å². The monoisotopic (exact) mass is 1360 g/mol. The third kappa shape index (κ3) is 14.8. The van der Waals surface area contributed by atoms with Crippen LogP contribution in [0.15, 0.2) is 267 Å². The second kappa shape index (κ2) is 28.6. The highest BCUT2D eigenvalue weighted by Gasteiger charge is 2.37. The number of hydrogen-bond donors (Lipinski definition) is 12. The van der Waals surface area contributed by atoms with Gasteiger partial charge in [0.05, 0.1) is 0 Å². The summed E-state index contributed by atoms with van der Waals surface area (Å²) < 4.78 is 11.5. The zero-order valence-electron chi connectivity index (χ0n) is 57.6. The number of hydrogen-bond acceptors (Lipinski definition) is 14. The number of ether oxygens (including phenoxy) is 2. The van der Waals surface area contributed by atoms with Gasteiger partial charge in [-0.3, -0.25) is 0 Å². The lowest BCUT2D eigenvalue weighted by molar-refractivity contribution is 0.402. The van der Waals surface area contributed by atoms with Gasteiger partial charge in [-0.25, -0.2) is 0 Å². The van der Waals surface area contributed by atoms with Gasteiger partial charge < -0.3 is 70.8 Å². The van der Waals surface area contributed by atoms with E-state index in [9.17, 15) is 61.3 Å². The van der Waals surface area contributed by atoms with Crippen LogP contribution in [0.1, 0.15) is 99.9 Å². The van der Waals surface area contributed by atoms with Crippen LogP contribution >= 0.6 is 0 Å². The summed E-state index contributed by atoms with van der Waals surface area (Å²) in [6.07, 6.45) is 0. The molecule has 0 spiro atoms. The summed E-state index contributed by atoms with van der Waals surface area (Å²) in [4.78, 5) is 0. The van der Waals surface area contributed by atoms with Gasteiger partial charge >= 0.3 is 0 Å². The molecule has 516 valence electrons. The van der Waals surface area contributed by atoms with E-state index in [1.807, 2.05) is 52.0 Å². The van der Waals surface area contributed by atoms with Gasteiger partial charge in [-0.05, 0) is 91.6 Å². The van der Waals surface area contributed by atoms with Crippen LogP contribution in [-0.4, -0.2) is 61.3 Å². The van der Waals surface area contributed by atoms with E-state index in [4.69, 9.17) is 9.47 Å². The summed E-state index contributed by atoms with van der Waals surface area (Å²) in [5.74, 6) is 2.98. The number of aromatic hydroxyl groups is 12. The Morgan fingerprint density at radius 2 is 0.412 bits per heavy atom. The molecule has 14 aromatic carbocycles. The van der Waals surface area contributed by atoms with Gasteiger partial charge in [0.15, 0.2) is 0 Å². The number of rotatable bonds is 4. The Bertz CT molecular complexity index is 4760. The van der Waals surface area contributed by atoms with Gasteiger partial charge in [0, 0.05) is 115 Å². The quantitative estimate of drug-likeness (QED) is 0.0732. The minimum Gasteiger partial charge on any atom is -0.508 e. The molecule has 0 aliphatic carbocycles. The Morgan fingerprint density at radius 1 is 0.225 bits per heavy atom. The topological polar surface area (TPSA) is 261 Å². The first-order valence-corrected chi connectivity index (χ1v) is 33.0. The van der Waals surface area contributed by atoms with Crippen LogP contribution in [0.2, 0.25) is 0 Å². The Hall–Kier alpha value is -12.7. The molecule has 16 rings (SSSR count). The van der Waals surface area contributed by atoms with E-state index in [0.29, 0.717) is 45.3 Å². The lowest BCUT2D eigenvalue weighted by Gasteiger charge is -2.34. The van der Waals surface area contributed by atoms with Crippen molar-refractivity contribution in [2.24, 2.45) is 0 Å². The van der Waals surface area contributed by atoms with Crippen LogP contribution in [0.25, 0.3) is 43.1 Å². The van der Waals surface area contributed by atoms with Crippen molar-refractivity contribution in [3.8, 4) is 92.0 Å². The molecule has 2 aliphatic heterocycles. The molecule has 2 aliphatic rings. The Morgan fingerprint density at radius 3 is 0.618 bits per heavy atom. The van der Waals surface area contributed by atoms with Crippen molar-refractivity contribution in [1.29, 1.82) is 0 Å². The van der Waals surface area contributed by atoms with Crippen molar-refractivity contribution < 1.29 is 70.8 Å². The maximum Gasteiger partial charge on any atom is 0.135 e. The number of phenols is 12. The van der Waals surface area contributed by atoms with Gasteiger partial charge in [0.2, 0.25) is 0 Å². The summed E-state index contributed by atoms with van der Waals surface area (Å²) in [7, 11) is 0. The minimum atomic E-state index is -0.671. The molecule has 0 unspecified atom stereocenters. The number of phenolic OH excluding ortho intramolecular Hbond substituents is 12. The molecule has 0 saturated carbocycles. The summed E-state index contributed by atoms with van der Waals surface area (Å²) in [5.41, 5.74) is 4.63. The van der Waals surface area contributed by atoms with Crippen LogP contribution in [0, 0.1) is 0 Å². The summed E-state index contributed by atoms with van der Waals surface area (Å²) in [6, 6.07) is 80.7. The van der Waals surface area contributed by atoms with E-state index < -0.39 is 10.8 Å². The average molecular weight is 1360 g/mol. The molecule has 0 atom stereocenters. The Kier molecular flexibility index (Phi) is 19.8. The third-order valence-corrected chi connectivity index (χ3v) is 18.9. The number of benzene rings is 14. The fraction of sp³-hybridized carbons (Fsp3) is 0.136. The molecule has 102 heavy (non-hydrogen) atoms. The molecule has 0 bridgehead atoms. The highest BCUT2D eigenvalue weighted by atomic mass is 16.5. The first-order valence-electron chi connectivity index (χ1n) is 33.0. The molecule has 0 saturated heterocycles. The smallest absolute Gasteiger partial charge is 0.135 e. The lowest BCUT2D eigenvalue weighted by Crippen LogP contribution is -2.24. The molecule has 14 aromatic rings. The number of fused-ring (bicyclic) bond motifs is 10. The fourth-order valence-electron chi connectivity index (χ4n) is 13.4. The zero-order chi connectivity index (χ0) is 73.0. The van der Waals surface area contributed by atoms with Crippen LogP contribution < -0.4 is 9.47 Å². The first kappa shape index (κ1) is 70.6. The predicted octanol–water partition coefficient (Wildman–Crippen LogP) is 20.7. The Balaban J connectivity index is 0.000000123. The molecule has 2 heterocycles. The van der Waals surface area contributed by atoms with Crippen molar-refractivity contribution in [2.45, 2.75) is 77.0 Å². The van der Waals surface area contributed by atoms with E-state index in [2.05, 4.69) is 149 Å². The van der Waals surface area contributed by atoms with Gasteiger partial charge in [0.1, 0.15) is 92.0 Å². The highest BCUT2D eigenvalue weighted by molar-refractivity contribution is 6.08. The average Bonchev–Trinajstić information content (AvgIpc) is 0.725. The van der Waals surface area contributed by atoms with Crippen molar-refractivity contribution in [1.82, 2.24) is 0 Å². The summed E-state index contributed by atoms with van der Waals surface area (Å²) >= 11 is 0. The molecule has 0 fully saturated rings. The molecule has 14 heteroatoms. The van der Waals surface area contributed by atoms with Gasteiger partial charge in [-0.2, -0.15) is 0 Å². The van der Waals surface area contributed by atoms with Gasteiger partial charge in [-0.1, -0.05) is 225 Å². The largest absolute Gasteiger partial charge is 0.508 e. The van der Waals surface area contributed by atoms with Crippen LogP contribution in [0.5, 0.6) is 92.0 Å². The Labute approximate surface area is 591 Å². The molecule has 0 aromatic heterocycles. The van der Waals surface area contributed by atoms with Crippen molar-refractivity contribution in [2.75, 3.05) is 0 Å². The van der Waals surface area contributed by atoms with Crippen molar-refractivity contribution in [3.63, 3.8) is 0 Å². The lowest BCUT2D eigenvalue weighted by atomic mass is 9.76. The maximum atomic E-state index is 9.94. The van der Waals surface area contributed by atoms with Crippen LogP contribution in [-0.2, 0) is 21.7 Å². The minimum absolute atomic E-state index is 0.0213. The van der Waals surface area contributed by atoms with E-state index in [1.54, 1.807) is 72.8 Å². The fourth-order valence-corrected chi connectivity index (χ4v) is 13.4. The highest BCUT2D eigenvalue weighted by Crippen LogP contribution is 2.52. The predicted molar refractivity (Wildman–Crippen MR) is 403 cm³/mol. The van der Waals surface area contributed by atoms with Crippen LogP contribution in [0.4, 0.5) is 0 Å². The van der Waals surface area contributed by atoms with Crippen LogP contribution in [0.3, 0.4) is 0 Å². The van der Waals surface area contributed by atoms with E-state index >= 15 is 0 Å². The normalized spacial score (nSPS) is 12.7. The molecule has 0 amide bonds. The molecule has 12 N–H and O–H groups in total. The second-order valence-corrected chi connectivity index (χ2v) is 27.2. The van der Waals surface area contributed by atoms with E-state index in [-0.39, 0.29) is 79.8 Å². The van der Waals surface area contributed by atoms with Crippen molar-refractivity contribution >= 4 is 43.1 Å². The SMILES string of the molecule is CC(C)(c1ccc(O)cc1O)c1ccc(O)cc1O.CC(C)(c1ccc(O)cc1O)c1ccc(O)cc1O.CC1(C)c2ccc(O)cc2Oc2cc(O)ccc21.CC1(C)c2ccc(O)cc2Oc2cc(O)ccc21.c1ccc2c(c1)ccc1ccccc12.c1ccc2c(c1)ccc1ccccc12. The van der Waals surface area contributed by atoms with E-state index in [0.717, 1.165) is 22.3 Å². The third-order valence-electron chi connectivity index (χ3n) is 18.9. The second-order valence-electron chi connectivity index (χ2n) is 27.2. The van der Waals surface area contributed by atoms with Crippen molar-refractivity contribution in [3.05, 3.63) is 311 Å². The molecular formula is C88H80O14. The summed E-state index contributed by atoms with van der Waals surface area (Å²) in [5, 5.41) is 126. The molecule has 0 radical (unpaired) electrons. The van der Waals surface area contributed by atoms with Gasteiger partial charge in [-0.15, -0.1) is 0 Å². The summed E-state index contributed by atoms with van der Waals surface area (Å²) in [6.45, 7) is 15.7. The molecule has 14 nitrogen and oxygen atoms in total. The zero-order valence-corrected chi connectivity index (χ0v) is 57.6. The molecular weight excluding hydrogens is 1280 g/mol.